The summed E-state index contributed by atoms with van der Waals surface area (Å²) < 4.78 is 30.8. The van der Waals surface area contributed by atoms with Crippen LogP contribution in [0.2, 0.25) is 0 Å². The van der Waals surface area contributed by atoms with E-state index in [0.717, 1.165) is 48.4 Å². The van der Waals surface area contributed by atoms with Crippen LogP contribution < -0.4 is 10.6 Å². The third-order valence-electron chi connectivity index (χ3n) is 6.03. The van der Waals surface area contributed by atoms with Crippen LogP contribution in [0.3, 0.4) is 0 Å². The summed E-state index contributed by atoms with van der Waals surface area (Å²) in [5, 5.41) is 9.99. The molecule has 0 aliphatic heterocycles. The maximum Gasteiger partial charge on any atom is 0.242 e. The van der Waals surface area contributed by atoms with Gasteiger partial charge in [0.05, 0.1) is 4.90 Å². The number of aromatic nitrogens is 2. The highest BCUT2D eigenvalue weighted by Crippen LogP contribution is 2.34. The summed E-state index contributed by atoms with van der Waals surface area (Å²) in [7, 11) is -0.528. The van der Waals surface area contributed by atoms with Crippen molar-refractivity contribution in [3.63, 3.8) is 0 Å². The van der Waals surface area contributed by atoms with Gasteiger partial charge < -0.3 is 15.2 Å². The number of nitrogens with one attached hydrogen (secondary N) is 2. The average molecular weight is 492 g/mol. The summed E-state index contributed by atoms with van der Waals surface area (Å²) in [6.45, 7) is 1.77. The molecule has 1 aliphatic rings. The standard InChI is InChI=1S/C23H33N5O5S/c1-17(29)26-23(14-6-4-5-7-15-23)22-25-21(33-27-22)13-12-20(30)24-16-18-8-10-19(11-9-18)34(31,32)28(2)3/h8-11H,4-7,12-16H2,1-3H3,(H,24,30)(H,26,29). The van der Waals surface area contributed by atoms with Crippen LogP contribution in [0.4, 0.5) is 0 Å². The predicted molar refractivity (Wildman–Crippen MR) is 125 cm³/mol. The molecule has 0 atom stereocenters. The van der Waals surface area contributed by atoms with Crippen molar-refractivity contribution in [1.82, 2.24) is 25.1 Å². The fraction of sp³-hybridized carbons (Fsp3) is 0.565. The first-order valence-electron chi connectivity index (χ1n) is 11.5. The van der Waals surface area contributed by atoms with Gasteiger partial charge in [0, 0.05) is 40.4 Å². The van der Waals surface area contributed by atoms with Crippen molar-refractivity contribution in [2.45, 2.75) is 75.3 Å². The lowest BCUT2D eigenvalue weighted by atomic mass is 9.89. The minimum Gasteiger partial charge on any atom is -0.352 e. The van der Waals surface area contributed by atoms with Gasteiger partial charge in [0.25, 0.3) is 0 Å². The number of sulfonamides is 1. The Morgan fingerprint density at radius 2 is 1.74 bits per heavy atom. The molecule has 1 aromatic heterocycles. The topological polar surface area (TPSA) is 134 Å². The first kappa shape index (κ1) is 25.8. The van der Waals surface area contributed by atoms with E-state index in [4.69, 9.17) is 4.52 Å². The summed E-state index contributed by atoms with van der Waals surface area (Å²) in [6, 6.07) is 6.40. The number of nitrogens with zero attached hydrogens (tertiary/aromatic N) is 3. The van der Waals surface area contributed by atoms with Gasteiger partial charge in [-0.2, -0.15) is 4.98 Å². The number of carbonyl (C=O) groups excluding carboxylic acids is 2. The first-order valence-corrected chi connectivity index (χ1v) is 13.0. The molecular weight excluding hydrogens is 458 g/mol. The lowest BCUT2D eigenvalue weighted by Crippen LogP contribution is -2.45. The van der Waals surface area contributed by atoms with E-state index >= 15 is 0 Å². The van der Waals surface area contributed by atoms with Gasteiger partial charge in [0.2, 0.25) is 27.7 Å². The highest BCUT2D eigenvalue weighted by Gasteiger charge is 2.38. The zero-order chi connectivity index (χ0) is 24.8. The highest BCUT2D eigenvalue weighted by molar-refractivity contribution is 7.89. The van der Waals surface area contributed by atoms with Gasteiger partial charge in [0.1, 0.15) is 5.54 Å². The van der Waals surface area contributed by atoms with Crippen molar-refractivity contribution in [3.8, 4) is 0 Å². The van der Waals surface area contributed by atoms with Crippen LogP contribution in [0.1, 0.15) is 69.1 Å². The molecule has 2 amide bonds. The Morgan fingerprint density at radius 1 is 1.09 bits per heavy atom. The Labute approximate surface area is 200 Å². The molecule has 2 aromatic rings. The molecule has 11 heteroatoms. The highest BCUT2D eigenvalue weighted by atomic mass is 32.2. The van der Waals surface area contributed by atoms with Crippen LogP contribution >= 0.6 is 0 Å². The molecule has 1 aromatic carbocycles. The second-order valence-corrected chi connectivity index (χ2v) is 11.0. The monoisotopic (exact) mass is 491 g/mol. The molecule has 0 saturated heterocycles. The summed E-state index contributed by atoms with van der Waals surface area (Å²) in [4.78, 5) is 28.8. The summed E-state index contributed by atoms with van der Waals surface area (Å²) in [6.07, 6.45) is 6.17. The number of rotatable bonds is 9. The Morgan fingerprint density at radius 3 is 2.32 bits per heavy atom. The van der Waals surface area contributed by atoms with E-state index in [0.29, 0.717) is 11.7 Å². The Balaban J connectivity index is 1.54. The van der Waals surface area contributed by atoms with Gasteiger partial charge in [-0.3, -0.25) is 9.59 Å². The van der Waals surface area contributed by atoms with Gasteiger partial charge in [0.15, 0.2) is 5.82 Å². The minimum absolute atomic E-state index is 0.125. The number of carbonyl (C=O) groups is 2. The van der Waals surface area contributed by atoms with E-state index in [9.17, 15) is 18.0 Å². The van der Waals surface area contributed by atoms with Gasteiger partial charge in [-0.25, -0.2) is 12.7 Å². The molecule has 0 unspecified atom stereocenters. The van der Waals surface area contributed by atoms with Crippen molar-refractivity contribution in [2.75, 3.05) is 14.1 Å². The van der Waals surface area contributed by atoms with Crippen LogP contribution in [0.15, 0.2) is 33.7 Å². The largest absolute Gasteiger partial charge is 0.352 e. The maximum atomic E-state index is 12.3. The molecule has 186 valence electrons. The van der Waals surface area contributed by atoms with E-state index in [-0.39, 0.29) is 36.1 Å². The lowest BCUT2D eigenvalue weighted by Gasteiger charge is -2.30. The molecule has 1 saturated carbocycles. The van der Waals surface area contributed by atoms with Crippen LogP contribution in [-0.4, -0.2) is 48.8 Å². The number of hydrogen-bond donors (Lipinski definition) is 2. The molecule has 2 N–H and O–H groups in total. The maximum absolute atomic E-state index is 12.3. The van der Waals surface area contributed by atoms with E-state index in [2.05, 4.69) is 20.8 Å². The molecule has 10 nitrogen and oxygen atoms in total. The zero-order valence-corrected chi connectivity index (χ0v) is 20.8. The molecule has 1 heterocycles. The zero-order valence-electron chi connectivity index (χ0n) is 20.0. The van der Waals surface area contributed by atoms with Gasteiger partial charge >= 0.3 is 0 Å². The third-order valence-corrected chi connectivity index (χ3v) is 7.86. The second-order valence-electron chi connectivity index (χ2n) is 8.90. The van der Waals surface area contributed by atoms with Gasteiger partial charge in [-0.1, -0.05) is 43.0 Å². The summed E-state index contributed by atoms with van der Waals surface area (Å²) in [5.41, 5.74) is 0.176. The molecule has 0 bridgehead atoms. The molecule has 1 fully saturated rings. The van der Waals surface area contributed by atoms with Crippen LogP contribution in [0, 0.1) is 0 Å². The van der Waals surface area contributed by atoms with E-state index in [1.54, 1.807) is 12.1 Å². The quantitative estimate of drug-likeness (QED) is 0.514. The number of amides is 2. The summed E-state index contributed by atoms with van der Waals surface area (Å²) >= 11 is 0. The Kier molecular flexibility index (Phi) is 8.42. The van der Waals surface area contributed by atoms with E-state index in [1.807, 2.05) is 0 Å². The average Bonchev–Trinajstić information content (AvgIpc) is 3.16. The summed E-state index contributed by atoms with van der Waals surface area (Å²) in [5.74, 6) is 0.529. The van der Waals surface area contributed by atoms with Crippen molar-refractivity contribution >= 4 is 21.8 Å². The molecule has 0 spiro atoms. The van der Waals surface area contributed by atoms with Crippen molar-refractivity contribution < 1.29 is 22.5 Å². The van der Waals surface area contributed by atoms with E-state index < -0.39 is 15.6 Å². The number of aryl methyl sites for hydroxylation is 1. The van der Waals surface area contributed by atoms with Crippen LogP contribution in [-0.2, 0) is 38.1 Å². The molecule has 3 rings (SSSR count). The van der Waals surface area contributed by atoms with Crippen molar-refractivity contribution in [1.29, 1.82) is 0 Å². The molecular formula is C23H33N5O5S. The minimum atomic E-state index is -3.48. The molecule has 34 heavy (non-hydrogen) atoms. The van der Waals surface area contributed by atoms with Crippen molar-refractivity contribution in [2.24, 2.45) is 0 Å². The van der Waals surface area contributed by atoms with Crippen LogP contribution in [0.25, 0.3) is 0 Å². The molecule has 1 aliphatic carbocycles. The van der Waals surface area contributed by atoms with Crippen LogP contribution in [0.5, 0.6) is 0 Å². The Bertz CT molecular complexity index is 1090. The Hall–Kier alpha value is -2.79. The third kappa shape index (κ3) is 6.41. The fourth-order valence-electron chi connectivity index (χ4n) is 4.12. The molecule has 0 radical (unpaired) electrons. The van der Waals surface area contributed by atoms with Gasteiger partial charge in [-0.05, 0) is 30.5 Å². The smallest absolute Gasteiger partial charge is 0.242 e. The number of hydrogen-bond acceptors (Lipinski definition) is 7. The van der Waals surface area contributed by atoms with Crippen molar-refractivity contribution in [3.05, 3.63) is 41.5 Å². The normalized spacial score (nSPS) is 16.1. The fourth-order valence-corrected chi connectivity index (χ4v) is 5.03. The van der Waals surface area contributed by atoms with Gasteiger partial charge in [-0.15, -0.1) is 0 Å². The second kappa shape index (κ2) is 11.1. The lowest BCUT2D eigenvalue weighted by molar-refractivity contribution is -0.122. The number of benzene rings is 1. The van der Waals surface area contributed by atoms with E-state index in [1.165, 1.54) is 33.2 Å². The first-order chi connectivity index (χ1) is 16.1. The predicted octanol–water partition coefficient (Wildman–Crippen LogP) is 2.25. The SMILES string of the molecule is CC(=O)NC1(c2noc(CCC(=O)NCc3ccc(S(=O)(=O)N(C)C)cc3)n2)CCCCCC1.